The molecule has 4 nitrogen and oxygen atoms in total. The minimum atomic E-state index is -0.192. The summed E-state index contributed by atoms with van der Waals surface area (Å²) in [4.78, 5) is 14.4. The third-order valence-electron chi connectivity index (χ3n) is 5.25. The summed E-state index contributed by atoms with van der Waals surface area (Å²) in [6.07, 6.45) is 11.7. The van der Waals surface area contributed by atoms with E-state index in [0.717, 1.165) is 49.1 Å². The first kappa shape index (κ1) is 15.9. The number of nitrogens with one attached hydrogen (secondary N) is 1. The summed E-state index contributed by atoms with van der Waals surface area (Å²) in [6.45, 7) is 0. The van der Waals surface area contributed by atoms with E-state index < -0.39 is 0 Å². The molecule has 2 aliphatic rings. The number of aryl methyl sites for hydroxylation is 1. The van der Waals surface area contributed by atoms with Crippen molar-refractivity contribution in [3.8, 4) is 5.00 Å². The Labute approximate surface area is 146 Å². The summed E-state index contributed by atoms with van der Waals surface area (Å²) in [5.74, 6) is 0.0690. The van der Waals surface area contributed by atoms with Crippen LogP contribution in [-0.4, -0.2) is 27.7 Å². The number of rotatable bonds is 3. The maximum absolute atomic E-state index is 13.1. The fourth-order valence-corrected chi connectivity index (χ4v) is 5.27. The van der Waals surface area contributed by atoms with Crippen LogP contribution in [0.2, 0.25) is 0 Å². The maximum Gasteiger partial charge on any atom is 0.254 e. The van der Waals surface area contributed by atoms with Gasteiger partial charge in [0.05, 0.1) is 11.7 Å². The van der Waals surface area contributed by atoms with E-state index in [4.69, 9.17) is 0 Å². The number of hydrogen-bond acceptors (Lipinski definition) is 3. The molecule has 128 valence electrons. The van der Waals surface area contributed by atoms with E-state index in [1.165, 1.54) is 23.3 Å². The quantitative estimate of drug-likeness (QED) is 0.896. The third kappa shape index (κ3) is 3.03. The molecule has 0 spiro atoms. The summed E-state index contributed by atoms with van der Waals surface area (Å²) in [7, 11) is 0. The average Bonchev–Trinajstić information content (AvgIpc) is 3.23. The Balaban J connectivity index is 1.63. The highest BCUT2D eigenvalue weighted by Gasteiger charge is 2.28. The summed E-state index contributed by atoms with van der Waals surface area (Å²) in [5, 5.41) is 14.0. The van der Waals surface area contributed by atoms with E-state index in [2.05, 4.69) is 9.88 Å². The van der Waals surface area contributed by atoms with Crippen LogP contribution in [0, 0.1) is 0 Å². The number of aliphatic hydroxyl groups is 1. The molecule has 24 heavy (non-hydrogen) atoms. The van der Waals surface area contributed by atoms with Gasteiger partial charge >= 0.3 is 0 Å². The molecule has 0 radical (unpaired) electrons. The lowest BCUT2D eigenvalue weighted by Crippen LogP contribution is -2.39. The maximum atomic E-state index is 13.1. The molecule has 2 aromatic heterocycles. The van der Waals surface area contributed by atoms with E-state index >= 15 is 0 Å². The van der Waals surface area contributed by atoms with E-state index in [-0.39, 0.29) is 18.1 Å². The number of thiophene rings is 1. The molecule has 2 N–H and O–H groups in total. The molecule has 0 aliphatic heterocycles. The molecule has 2 aliphatic carbocycles. The molecule has 0 aromatic carbocycles. The van der Waals surface area contributed by atoms with Crippen molar-refractivity contribution in [2.45, 2.75) is 63.5 Å². The zero-order valence-corrected chi connectivity index (χ0v) is 14.6. The second-order valence-corrected chi connectivity index (χ2v) is 8.04. The molecule has 1 fully saturated rings. The van der Waals surface area contributed by atoms with E-state index in [0.29, 0.717) is 0 Å². The molecule has 1 amide bonds. The second kappa shape index (κ2) is 6.73. The number of aromatic nitrogens is 1. The monoisotopic (exact) mass is 344 g/mol. The lowest BCUT2D eigenvalue weighted by atomic mass is 9.92. The predicted octanol–water partition coefficient (Wildman–Crippen LogP) is 3.45. The summed E-state index contributed by atoms with van der Waals surface area (Å²) in [6, 6.07) is 4.20. The number of carbonyl (C=O) groups excluding carboxylic acids is 1. The zero-order valence-electron chi connectivity index (χ0n) is 13.8. The molecule has 0 saturated heterocycles. The first-order chi connectivity index (χ1) is 11.7. The van der Waals surface area contributed by atoms with Gasteiger partial charge < -0.3 is 15.0 Å². The summed E-state index contributed by atoms with van der Waals surface area (Å²) < 4.78 is 2.07. The minimum absolute atomic E-state index is 0.0690. The van der Waals surface area contributed by atoms with Gasteiger partial charge in [-0.15, -0.1) is 11.3 Å². The fraction of sp³-hybridized carbons (Fsp3) is 0.526. The smallest absolute Gasteiger partial charge is 0.254 e. The topological polar surface area (TPSA) is 54.3 Å². The van der Waals surface area contributed by atoms with Crippen molar-refractivity contribution < 1.29 is 9.90 Å². The van der Waals surface area contributed by atoms with Crippen molar-refractivity contribution in [3.63, 3.8) is 0 Å². The van der Waals surface area contributed by atoms with Crippen molar-refractivity contribution in [2.24, 2.45) is 0 Å². The number of carbonyl (C=O) groups is 1. The van der Waals surface area contributed by atoms with Crippen molar-refractivity contribution in [1.82, 2.24) is 9.88 Å². The van der Waals surface area contributed by atoms with Crippen LogP contribution in [0.1, 0.15) is 59.3 Å². The van der Waals surface area contributed by atoms with E-state index in [1.807, 2.05) is 24.5 Å². The zero-order chi connectivity index (χ0) is 16.5. The third-order valence-corrected chi connectivity index (χ3v) is 6.56. The Morgan fingerprint density at radius 3 is 2.58 bits per heavy atom. The number of fused-ring (bicyclic) bond motifs is 1. The van der Waals surface area contributed by atoms with Crippen molar-refractivity contribution >= 4 is 17.2 Å². The van der Waals surface area contributed by atoms with Crippen LogP contribution in [0.4, 0.5) is 0 Å². The van der Waals surface area contributed by atoms with Crippen LogP contribution in [0.25, 0.3) is 5.00 Å². The van der Waals surface area contributed by atoms with Gasteiger partial charge in [0.1, 0.15) is 5.00 Å². The first-order valence-corrected chi connectivity index (χ1v) is 9.81. The van der Waals surface area contributed by atoms with Gasteiger partial charge in [-0.25, -0.2) is 0 Å². The van der Waals surface area contributed by atoms with Gasteiger partial charge in [0.2, 0.25) is 0 Å². The number of amides is 1. The molecule has 2 aromatic rings. The SMILES string of the molecule is O=C(NC1CCC(O)CC1)c1c(-n2cccc2)sc2c1CCCC2. The normalized spacial score (nSPS) is 23.7. The molecule has 0 atom stereocenters. The molecular formula is C19H24N2O2S. The van der Waals surface area contributed by atoms with Crippen LogP contribution >= 0.6 is 11.3 Å². The van der Waals surface area contributed by atoms with Crippen molar-refractivity contribution in [2.75, 3.05) is 0 Å². The van der Waals surface area contributed by atoms with Gasteiger partial charge in [-0.1, -0.05) is 0 Å². The summed E-state index contributed by atoms with van der Waals surface area (Å²) in [5.41, 5.74) is 2.15. The Morgan fingerprint density at radius 1 is 1.12 bits per heavy atom. The number of hydrogen-bond donors (Lipinski definition) is 2. The molecule has 4 rings (SSSR count). The van der Waals surface area contributed by atoms with Gasteiger partial charge in [0.25, 0.3) is 5.91 Å². The highest BCUT2D eigenvalue weighted by Crippen LogP contribution is 2.37. The molecule has 5 heteroatoms. The predicted molar refractivity (Wildman–Crippen MR) is 96.0 cm³/mol. The number of aliphatic hydroxyl groups excluding tert-OH is 1. The van der Waals surface area contributed by atoms with Gasteiger partial charge in [-0.2, -0.15) is 0 Å². The van der Waals surface area contributed by atoms with Crippen LogP contribution in [-0.2, 0) is 12.8 Å². The van der Waals surface area contributed by atoms with Crippen LogP contribution < -0.4 is 5.32 Å². The Bertz CT molecular complexity index is 712. The molecule has 0 unspecified atom stereocenters. The Kier molecular flexibility index (Phi) is 4.46. The minimum Gasteiger partial charge on any atom is -0.393 e. The summed E-state index contributed by atoms with van der Waals surface area (Å²) >= 11 is 1.77. The average molecular weight is 344 g/mol. The Morgan fingerprint density at radius 2 is 1.83 bits per heavy atom. The highest BCUT2D eigenvalue weighted by molar-refractivity contribution is 7.15. The largest absolute Gasteiger partial charge is 0.393 e. The van der Waals surface area contributed by atoms with Gasteiger partial charge in [0, 0.05) is 23.3 Å². The van der Waals surface area contributed by atoms with Gasteiger partial charge in [-0.3, -0.25) is 4.79 Å². The second-order valence-electron chi connectivity index (χ2n) is 6.96. The van der Waals surface area contributed by atoms with Crippen molar-refractivity contribution in [1.29, 1.82) is 0 Å². The molecule has 2 heterocycles. The van der Waals surface area contributed by atoms with Crippen LogP contribution in [0.3, 0.4) is 0 Å². The lowest BCUT2D eigenvalue weighted by Gasteiger charge is -2.26. The standard InChI is InChI=1S/C19H24N2O2S/c22-14-9-7-13(8-10-14)20-18(23)17-15-5-1-2-6-16(15)24-19(17)21-11-3-4-12-21/h3-4,11-14,22H,1-2,5-10H2,(H,20,23). The number of nitrogens with zero attached hydrogens (tertiary/aromatic N) is 1. The highest BCUT2D eigenvalue weighted by atomic mass is 32.1. The van der Waals surface area contributed by atoms with E-state index in [9.17, 15) is 9.90 Å². The molecular weight excluding hydrogens is 320 g/mol. The van der Waals surface area contributed by atoms with Crippen LogP contribution in [0.15, 0.2) is 24.5 Å². The molecule has 1 saturated carbocycles. The lowest BCUT2D eigenvalue weighted by molar-refractivity contribution is 0.0867. The van der Waals surface area contributed by atoms with Gasteiger partial charge in [-0.05, 0) is 69.1 Å². The Hall–Kier alpha value is -1.59. The fourth-order valence-electron chi connectivity index (χ4n) is 3.92. The molecule has 0 bridgehead atoms. The van der Waals surface area contributed by atoms with Crippen LogP contribution in [0.5, 0.6) is 0 Å². The van der Waals surface area contributed by atoms with E-state index in [1.54, 1.807) is 11.3 Å². The van der Waals surface area contributed by atoms with Gasteiger partial charge in [0.15, 0.2) is 0 Å². The van der Waals surface area contributed by atoms with Crippen molar-refractivity contribution in [3.05, 3.63) is 40.5 Å². The first-order valence-electron chi connectivity index (χ1n) is 8.99.